The number of rotatable bonds is 3. The Labute approximate surface area is 102 Å². The van der Waals surface area contributed by atoms with Gasteiger partial charge in [-0.2, -0.15) is 0 Å². The minimum atomic E-state index is 0.761. The van der Waals surface area contributed by atoms with E-state index in [4.69, 9.17) is 5.73 Å². The smallest absolute Gasteiger partial charge is 0.0416 e. The van der Waals surface area contributed by atoms with E-state index in [2.05, 4.69) is 16.4 Å². The molecule has 1 aromatic carbocycles. The summed E-state index contributed by atoms with van der Waals surface area (Å²) in [5.74, 6) is 0. The molecule has 0 spiro atoms. The van der Waals surface area contributed by atoms with Gasteiger partial charge in [-0.25, -0.2) is 0 Å². The maximum Gasteiger partial charge on any atom is 0.0416 e. The highest BCUT2D eigenvalue weighted by Gasteiger charge is 2.03. The van der Waals surface area contributed by atoms with Gasteiger partial charge in [0.25, 0.3) is 0 Å². The molecule has 0 saturated carbocycles. The van der Waals surface area contributed by atoms with Gasteiger partial charge in [-0.3, -0.25) is 4.98 Å². The van der Waals surface area contributed by atoms with Crippen LogP contribution in [0.5, 0.6) is 0 Å². The summed E-state index contributed by atoms with van der Waals surface area (Å²) in [5.41, 5.74) is 11.3. The molecule has 0 radical (unpaired) electrons. The van der Waals surface area contributed by atoms with Crippen molar-refractivity contribution in [1.29, 1.82) is 0 Å². The highest BCUT2D eigenvalue weighted by atomic mass is 14.9. The van der Waals surface area contributed by atoms with Crippen LogP contribution in [0.2, 0.25) is 0 Å². The molecule has 3 N–H and O–H groups in total. The first-order valence-electron chi connectivity index (χ1n) is 5.67. The topological polar surface area (TPSA) is 50.9 Å². The average molecular weight is 227 g/mol. The van der Waals surface area contributed by atoms with Crippen LogP contribution in [-0.4, -0.2) is 4.98 Å². The number of aromatic nitrogens is 1. The van der Waals surface area contributed by atoms with E-state index in [1.165, 1.54) is 0 Å². The van der Waals surface area contributed by atoms with E-state index >= 15 is 0 Å². The molecule has 0 aliphatic heterocycles. The van der Waals surface area contributed by atoms with Crippen LogP contribution in [0.4, 0.5) is 11.4 Å². The average Bonchev–Trinajstić information content (AvgIpc) is 2.36. The number of nitrogens with two attached hydrogens (primary N) is 1. The molecular weight excluding hydrogens is 210 g/mol. The second-order valence-electron chi connectivity index (χ2n) is 4.18. The Hall–Kier alpha value is -2.03. The molecule has 3 nitrogen and oxygen atoms in total. The van der Waals surface area contributed by atoms with Gasteiger partial charge in [-0.05, 0) is 42.7 Å². The third-order valence-corrected chi connectivity index (χ3v) is 2.94. The monoisotopic (exact) mass is 227 g/mol. The van der Waals surface area contributed by atoms with E-state index in [9.17, 15) is 0 Å². The summed E-state index contributed by atoms with van der Waals surface area (Å²) >= 11 is 0. The quantitative estimate of drug-likeness (QED) is 0.793. The van der Waals surface area contributed by atoms with Gasteiger partial charge >= 0.3 is 0 Å². The van der Waals surface area contributed by atoms with Crippen LogP contribution in [0.15, 0.2) is 36.7 Å². The SMILES string of the molecule is Cc1ccc(NCc2cccnc2)c(C)c1N. The Morgan fingerprint density at radius 1 is 1.24 bits per heavy atom. The predicted octanol–water partition coefficient (Wildman–Crippen LogP) is 2.89. The number of hydrogen-bond acceptors (Lipinski definition) is 3. The maximum atomic E-state index is 6.00. The fraction of sp³-hybridized carbons (Fsp3) is 0.214. The van der Waals surface area contributed by atoms with Crippen molar-refractivity contribution in [3.05, 3.63) is 53.3 Å². The number of aryl methyl sites for hydroxylation is 1. The van der Waals surface area contributed by atoms with Gasteiger partial charge in [0.15, 0.2) is 0 Å². The van der Waals surface area contributed by atoms with Crippen molar-refractivity contribution in [2.45, 2.75) is 20.4 Å². The van der Waals surface area contributed by atoms with Crippen molar-refractivity contribution in [2.24, 2.45) is 0 Å². The zero-order chi connectivity index (χ0) is 12.3. The second kappa shape index (κ2) is 4.87. The lowest BCUT2D eigenvalue weighted by Gasteiger charge is -2.13. The number of benzene rings is 1. The third kappa shape index (κ3) is 2.56. The van der Waals surface area contributed by atoms with Crippen molar-refractivity contribution < 1.29 is 0 Å². The standard InChI is InChI=1S/C14H17N3/c1-10-5-6-13(11(2)14(10)15)17-9-12-4-3-7-16-8-12/h3-8,17H,9,15H2,1-2H3. The minimum Gasteiger partial charge on any atom is -0.398 e. The van der Waals surface area contributed by atoms with Crippen LogP contribution < -0.4 is 11.1 Å². The van der Waals surface area contributed by atoms with Crippen LogP contribution in [0, 0.1) is 13.8 Å². The van der Waals surface area contributed by atoms with E-state index in [-0.39, 0.29) is 0 Å². The highest BCUT2D eigenvalue weighted by molar-refractivity contribution is 5.66. The van der Waals surface area contributed by atoms with Crippen molar-refractivity contribution in [1.82, 2.24) is 4.98 Å². The summed E-state index contributed by atoms with van der Waals surface area (Å²) in [6.07, 6.45) is 3.64. The first kappa shape index (κ1) is 11.5. The van der Waals surface area contributed by atoms with Gasteiger partial charge in [0.1, 0.15) is 0 Å². The van der Waals surface area contributed by atoms with E-state index in [0.29, 0.717) is 0 Å². The maximum absolute atomic E-state index is 6.00. The van der Waals surface area contributed by atoms with Crippen LogP contribution in [0.3, 0.4) is 0 Å². The summed E-state index contributed by atoms with van der Waals surface area (Å²) in [7, 11) is 0. The molecule has 0 amide bonds. The molecule has 0 saturated heterocycles. The van der Waals surface area contributed by atoms with Crippen molar-refractivity contribution >= 4 is 11.4 Å². The lowest BCUT2D eigenvalue weighted by atomic mass is 10.1. The molecule has 3 heteroatoms. The number of pyridine rings is 1. The van der Waals surface area contributed by atoms with Crippen LogP contribution >= 0.6 is 0 Å². The van der Waals surface area contributed by atoms with Crippen LogP contribution in [-0.2, 0) is 6.54 Å². The zero-order valence-corrected chi connectivity index (χ0v) is 10.2. The fourth-order valence-corrected chi connectivity index (χ4v) is 1.76. The van der Waals surface area contributed by atoms with Gasteiger partial charge < -0.3 is 11.1 Å². The van der Waals surface area contributed by atoms with Gasteiger partial charge in [0.2, 0.25) is 0 Å². The molecular formula is C14H17N3. The normalized spacial score (nSPS) is 10.2. The number of nitrogen functional groups attached to an aromatic ring is 1. The van der Waals surface area contributed by atoms with Crippen molar-refractivity contribution in [3.8, 4) is 0 Å². The molecule has 88 valence electrons. The Morgan fingerprint density at radius 3 is 2.76 bits per heavy atom. The van der Waals surface area contributed by atoms with E-state index in [1.807, 2.05) is 38.2 Å². The molecule has 0 aliphatic carbocycles. The number of hydrogen-bond donors (Lipinski definition) is 2. The van der Waals surface area contributed by atoms with Gasteiger partial charge in [0.05, 0.1) is 0 Å². The van der Waals surface area contributed by atoms with E-state index < -0.39 is 0 Å². The lowest BCUT2D eigenvalue weighted by Crippen LogP contribution is -2.03. The number of nitrogens with one attached hydrogen (secondary N) is 1. The second-order valence-corrected chi connectivity index (χ2v) is 4.18. The summed E-state index contributed by atoms with van der Waals surface area (Å²) in [6, 6.07) is 8.09. The molecule has 1 aromatic heterocycles. The molecule has 0 bridgehead atoms. The molecule has 0 aliphatic rings. The Balaban J connectivity index is 2.13. The van der Waals surface area contributed by atoms with Crippen molar-refractivity contribution in [3.63, 3.8) is 0 Å². The van der Waals surface area contributed by atoms with Gasteiger partial charge in [0, 0.05) is 30.3 Å². The number of nitrogens with zero attached hydrogens (tertiary/aromatic N) is 1. The van der Waals surface area contributed by atoms with Crippen molar-refractivity contribution in [2.75, 3.05) is 11.1 Å². The summed E-state index contributed by atoms with van der Waals surface area (Å²) in [4.78, 5) is 4.09. The minimum absolute atomic E-state index is 0.761. The predicted molar refractivity (Wildman–Crippen MR) is 71.9 cm³/mol. The molecule has 0 atom stereocenters. The molecule has 1 heterocycles. The molecule has 17 heavy (non-hydrogen) atoms. The lowest BCUT2D eigenvalue weighted by molar-refractivity contribution is 1.11. The van der Waals surface area contributed by atoms with Gasteiger partial charge in [-0.15, -0.1) is 0 Å². The Kier molecular flexibility index (Phi) is 3.28. The fourth-order valence-electron chi connectivity index (χ4n) is 1.76. The summed E-state index contributed by atoms with van der Waals surface area (Å²) in [6.45, 7) is 4.82. The Bertz CT molecular complexity index is 506. The first-order valence-corrected chi connectivity index (χ1v) is 5.67. The molecule has 2 aromatic rings. The van der Waals surface area contributed by atoms with Gasteiger partial charge in [-0.1, -0.05) is 12.1 Å². The molecule has 0 unspecified atom stereocenters. The largest absolute Gasteiger partial charge is 0.398 e. The summed E-state index contributed by atoms with van der Waals surface area (Å²) < 4.78 is 0. The highest BCUT2D eigenvalue weighted by Crippen LogP contribution is 2.24. The first-order chi connectivity index (χ1) is 8.18. The summed E-state index contributed by atoms with van der Waals surface area (Å²) in [5, 5.41) is 3.38. The van der Waals surface area contributed by atoms with E-state index in [1.54, 1.807) is 6.20 Å². The van der Waals surface area contributed by atoms with E-state index in [0.717, 1.165) is 34.6 Å². The molecule has 2 rings (SSSR count). The Morgan fingerprint density at radius 2 is 2.06 bits per heavy atom. The number of anilines is 2. The zero-order valence-electron chi connectivity index (χ0n) is 10.2. The molecule has 0 fully saturated rings. The van der Waals surface area contributed by atoms with Crippen LogP contribution in [0.25, 0.3) is 0 Å². The third-order valence-electron chi connectivity index (χ3n) is 2.94. The van der Waals surface area contributed by atoms with Crippen LogP contribution in [0.1, 0.15) is 16.7 Å².